The summed E-state index contributed by atoms with van der Waals surface area (Å²) in [4.78, 5) is 37.5. The molecule has 2 atom stereocenters. The first kappa shape index (κ1) is 83.5. The molecule has 0 saturated heterocycles. The van der Waals surface area contributed by atoms with Crippen molar-refractivity contribution in [3.63, 3.8) is 0 Å². The van der Waals surface area contributed by atoms with Crippen LogP contribution in [0.2, 0.25) is 0 Å². The third kappa shape index (κ3) is 69.8. The summed E-state index contributed by atoms with van der Waals surface area (Å²) in [5, 5.41) is 11.8. The summed E-state index contributed by atoms with van der Waals surface area (Å²) in [6, 6.07) is 0. The van der Waals surface area contributed by atoms with Crippen molar-refractivity contribution < 1.29 is 42.9 Å². The second-order valence-corrected chi connectivity index (χ2v) is 25.9. The highest BCUT2D eigenvalue weighted by atomic mass is 16.7. The molecule has 9 heteroatoms. The van der Waals surface area contributed by atoms with Gasteiger partial charge in [0, 0.05) is 12.8 Å². The number of aliphatic carboxylic acids is 1. The molecule has 0 fully saturated rings. The van der Waals surface area contributed by atoms with Gasteiger partial charge >= 0.3 is 11.9 Å². The van der Waals surface area contributed by atoms with E-state index >= 15 is 0 Å². The number of ether oxygens (including phenoxy) is 4. The fourth-order valence-electron chi connectivity index (χ4n) is 10.5. The van der Waals surface area contributed by atoms with E-state index in [1.807, 2.05) is 21.1 Å². The average molecular weight is 1220 g/mol. The molecular weight excluding hydrogens is 1080 g/mol. The Morgan fingerprint density at radius 1 is 0.356 bits per heavy atom. The molecule has 0 aliphatic carbocycles. The number of hydrogen-bond acceptors (Lipinski definition) is 8. The highest BCUT2D eigenvalue weighted by molar-refractivity contribution is 5.70. The zero-order valence-electron chi connectivity index (χ0n) is 57.6. The smallest absolute Gasteiger partial charge is 0.306 e. The number of rotatable bonds is 68. The van der Waals surface area contributed by atoms with Crippen LogP contribution in [-0.4, -0.2) is 82.3 Å². The van der Waals surface area contributed by atoms with Gasteiger partial charge in [0.1, 0.15) is 13.2 Å². The average Bonchev–Trinajstić information content (AvgIpc) is 3.57. The van der Waals surface area contributed by atoms with E-state index in [2.05, 4.69) is 98.9 Å². The number of carbonyl (C=O) groups excluding carboxylic acids is 3. The number of carboxylic acids is 1. The van der Waals surface area contributed by atoms with E-state index in [9.17, 15) is 19.5 Å². The molecule has 9 nitrogen and oxygen atoms in total. The van der Waals surface area contributed by atoms with E-state index in [0.717, 1.165) is 70.6 Å². The summed E-state index contributed by atoms with van der Waals surface area (Å²) < 4.78 is 22.8. The van der Waals surface area contributed by atoms with Crippen LogP contribution in [-0.2, 0) is 33.3 Å². The molecule has 87 heavy (non-hydrogen) atoms. The van der Waals surface area contributed by atoms with Gasteiger partial charge in [-0.3, -0.25) is 9.59 Å². The van der Waals surface area contributed by atoms with E-state index in [-0.39, 0.29) is 32.2 Å². The maximum absolute atomic E-state index is 12.9. The maximum atomic E-state index is 12.9. The Labute approximate surface area is 538 Å². The summed E-state index contributed by atoms with van der Waals surface area (Å²) in [6.45, 7) is 4.67. The van der Waals surface area contributed by atoms with Gasteiger partial charge in [0.15, 0.2) is 12.4 Å². The van der Waals surface area contributed by atoms with Crippen LogP contribution < -0.4 is 5.11 Å². The van der Waals surface area contributed by atoms with Gasteiger partial charge in [-0.05, 0) is 89.9 Å². The van der Waals surface area contributed by atoms with Crippen molar-refractivity contribution >= 4 is 17.9 Å². The zero-order chi connectivity index (χ0) is 63.3. The van der Waals surface area contributed by atoms with Crippen LogP contribution in [0.5, 0.6) is 0 Å². The van der Waals surface area contributed by atoms with Crippen molar-refractivity contribution in [2.45, 2.75) is 347 Å². The summed E-state index contributed by atoms with van der Waals surface area (Å²) in [5.74, 6) is -2.27. The van der Waals surface area contributed by atoms with Gasteiger partial charge in [-0.2, -0.15) is 0 Å². The molecule has 0 aromatic heterocycles. The van der Waals surface area contributed by atoms with Crippen molar-refractivity contribution in [3.8, 4) is 0 Å². The Hall–Kier alpha value is -3.53. The molecule has 0 rings (SSSR count). The standard InChI is InChI=1S/C78H139NO8/c1-6-8-10-12-14-16-18-20-22-24-26-28-30-32-34-36-37-38-39-41-42-44-46-48-50-52-54-56-58-60-62-64-66-68-75(80)85-72-74(73-86-78(77(82)83)84-71-70-79(3,4)5)87-76(81)69-67-65-63-61-59-57-55-53-51-49-47-45-43-40-35-33-31-29-27-25-23-21-19-17-15-13-11-9-7-2/h9,11,15,17-18,20-21,23-24,26-27,29-30,32,74,78H,6-8,10,12-14,16,19,22,25,28,31,33-73H2,1-5H3/b11-9-,17-15-,20-18-,23-21-,26-24-,29-27-,32-30-. The lowest BCUT2D eigenvalue weighted by Crippen LogP contribution is -2.44. The highest BCUT2D eigenvalue weighted by Gasteiger charge is 2.22. The molecule has 0 N–H and O–H groups in total. The SMILES string of the molecule is CC/C=C\C/C=C\C/C=C\C/C=C\CCCCCCCCCCCCCCCCCCC(=O)OC(COC(=O)CCCCCCCCCCCCCCCCCCCC/C=C\C/C=C\C/C=C\CCCCCCC)COC(OCC[N+](C)(C)C)C(=O)[O-]. The lowest BCUT2D eigenvalue weighted by molar-refractivity contribution is -0.870. The fourth-order valence-corrected chi connectivity index (χ4v) is 10.5. The third-order valence-corrected chi connectivity index (χ3v) is 16.1. The van der Waals surface area contributed by atoms with Gasteiger partial charge in [-0.25, -0.2) is 0 Å². The molecule has 0 aliphatic rings. The number of allylic oxidation sites excluding steroid dienone is 14. The quantitative estimate of drug-likeness (QED) is 0.0195. The Kier molecular flexibility index (Phi) is 65.6. The second kappa shape index (κ2) is 68.4. The van der Waals surface area contributed by atoms with Crippen LogP contribution >= 0.6 is 0 Å². The summed E-state index contributed by atoms with van der Waals surface area (Å²) >= 11 is 0. The van der Waals surface area contributed by atoms with Crippen LogP contribution in [0.1, 0.15) is 335 Å². The zero-order valence-corrected chi connectivity index (χ0v) is 57.6. The molecule has 0 amide bonds. The van der Waals surface area contributed by atoms with Crippen LogP contribution in [0.3, 0.4) is 0 Å². The fraction of sp³-hybridized carbons (Fsp3) is 0.782. The topological polar surface area (TPSA) is 111 Å². The van der Waals surface area contributed by atoms with E-state index in [1.54, 1.807) is 0 Å². The number of unbranched alkanes of at least 4 members (excludes halogenated alkanes) is 39. The highest BCUT2D eigenvalue weighted by Crippen LogP contribution is 2.18. The predicted octanol–water partition coefficient (Wildman–Crippen LogP) is 21.7. The molecule has 2 unspecified atom stereocenters. The molecule has 0 aliphatic heterocycles. The summed E-state index contributed by atoms with van der Waals surface area (Å²) in [6.07, 6.45) is 89.6. The maximum Gasteiger partial charge on any atom is 0.306 e. The number of carboxylic acid groups (broad SMARTS) is 1. The molecule has 0 radical (unpaired) electrons. The number of nitrogens with zero attached hydrogens (tertiary/aromatic N) is 1. The number of esters is 2. The molecule has 0 heterocycles. The Morgan fingerprint density at radius 2 is 0.655 bits per heavy atom. The summed E-state index contributed by atoms with van der Waals surface area (Å²) in [7, 11) is 5.94. The van der Waals surface area contributed by atoms with Gasteiger partial charge in [-0.1, -0.05) is 317 Å². The number of likely N-dealkylation sites (N-methyl/N-ethyl adjacent to an activating group) is 1. The van der Waals surface area contributed by atoms with E-state index in [0.29, 0.717) is 23.9 Å². The monoisotopic (exact) mass is 1220 g/mol. The molecule has 0 aromatic rings. The second-order valence-electron chi connectivity index (χ2n) is 25.9. The summed E-state index contributed by atoms with van der Waals surface area (Å²) in [5.41, 5.74) is 0. The minimum Gasteiger partial charge on any atom is -0.545 e. The van der Waals surface area contributed by atoms with Gasteiger partial charge in [0.05, 0.1) is 40.3 Å². The van der Waals surface area contributed by atoms with Crippen LogP contribution in [0.15, 0.2) is 85.1 Å². The van der Waals surface area contributed by atoms with Crippen LogP contribution in [0.25, 0.3) is 0 Å². The van der Waals surface area contributed by atoms with Gasteiger partial charge in [0.25, 0.3) is 0 Å². The van der Waals surface area contributed by atoms with Crippen molar-refractivity contribution in [2.75, 3.05) is 47.5 Å². The van der Waals surface area contributed by atoms with Crippen LogP contribution in [0, 0.1) is 0 Å². The van der Waals surface area contributed by atoms with Crippen molar-refractivity contribution in [3.05, 3.63) is 85.1 Å². The lowest BCUT2D eigenvalue weighted by atomic mass is 10.0. The molecular formula is C78H139NO8. The predicted molar refractivity (Wildman–Crippen MR) is 371 cm³/mol. The normalized spacial score (nSPS) is 13.2. The molecule has 504 valence electrons. The Morgan fingerprint density at radius 3 is 0.977 bits per heavy atom. The first-order chi connectivity index (χ1) is 42.6. The van der Waals surface area contributed by atoms with Crippen LogP contribution in [0.4, 0.5) is 0 Å². The number of quaternary nitrogens is 1. The molecule has 0 saturated carbocycles. The Bertz CT molecular complexity index is 1700. The van der Waals surface area contributed by atoms with Crippen molar-refractivity contribution in [1.82, 2.24) is 0 Å². The number of hydrogen-bond donors (Lipinski definition) is 0. The van der Waals surface area contributed by atoms with Crippen molar-refractivity contribution in [1.29, 1.82) is 0 Å². The van der Waals surface area contributed by atoms with E-state index in [4.69, 9.17) is 18.9 Å². The van der Waals surface area contributed by atoms with Gasteiger partial charge < -0.3 is 33.3 Å². The lowest BCUT2D eigenvalue weighted by Gasteiger charge is -2.26. The van der Waals surface area contributed by atoms with E-state index < -0.39 is 24.3 Å². The third-order valence-electron chi connectivity index (χ3n) is 16.1. The molecule has 0 spiro atoms. The first-order valence-corrected chi connectivity index (χ1v) is 36.7. The van der Waals surface area contributed by atoms with Crippen molar-refractivity contribution in [2.24, 2.45) is 0 Å². The van der Waals surface area contributed by atoms with Gasteiger partial charge in [0.2, 0.25) is 0 Å². The largest absolute Gasteiger partial charge is 0.545 e. The van der Waals surface area contributed by atoms with Gasteiger partial charge in [-0.15, -0.1) is 0 Å². The first-order valence-electron chi connectivity index (χ1n) is 36.7. The van der Waals surface area contributed by atoms with E-state index in [1.165, 1.54) is 231 Å². The Balaban J connectivity index is 4.06. The molecule has 0 aromatic carbocycles. The number of carbonyl (C=O) groups is 3. The molecule has 0 bridgehead atoms. The minimum absolute atomic E-state index is 0.147. The minimum atomic E-state index is -1.62.